The zero-order chi connectivity index (χ0) is 10.5. The summed E-state index contributed by atoms with van der Waals surface area (Å²) in [7, 11) is 0. The van der Waals surface area contributed by atoms with Crippen molar-refractivity contribution in [2.75, 3.05) is 0 Å². The Hall–Kier alpha value is -1.04. The summed E-state index contributed by atoms with van der Waals surface area (Å²) in [6.07, 6.45) is 12.1. The molecule has 0 radical (unpaired) electrons. The summed E-state index contributed by atoms with van der Waals surface area (Å²) < 4.78 is 0. The van der Waals surface area contributed by atoms with E-state index in [1.165, 1.54) is 37.7 Å². The molecule has 0 heterocycles. The van der Waals surface area contributed by atoms with Crippen molar-refractivity contribution in [2.45, 2.75) is 38.0 Å². The summed E-state index contributed by atoms with van der Waals surface area (Å²) in [5.41, 5.74) is 4.84. The van der Waals surface area contributed by atoms with Crippen LogP contribution in [0.2, 0.25) is 0 Å². The van der Waals surface area contributed by atoms with E-state index in [-0.39, 0.29) is 0 Å². The first kappa shape index (κ1) is 9.04. The molecule has 1 aromatic rings. The van der Waals surface area contributed by atoms with E-state index >= 15 is 0 Å². The summed E-state index contributed by atoms with van der Waals surface area (Å²) in [4.78, 5) is 0. The second-order valence-electron chi connectivity index (χ2n) is 5.72. The van der Waals surface area contributed by atoms with Gasteiger partial charge in [0.05, 0.1) is 0 Å². The normalized spacial score (nSPS) is 34.6. The molecule has 3 aliphatic carbocycles. The molecule has 0 aromatic heterocycles. The van der Waals surface area contributed by atoms with Crippen LogP contribution in [0.5, 0.6) is 0 Å². The average molecular weight is 210 g/mol. The molecule has 1 saturated carbocycles. The number of benzene rings is 1. The van der Waals surface area contributed by atoms with Crippen molar-refractivity contribution >= 4 is 6.08 Å². The molecule has 0 bridgehead atoms. The van der Waals surface area contributed by atoms with Crippen molar-refractivity contribution in [2.24, 2.45) is 11.8 Å². The molecule has 3 atom stereocenters. The lowest BCUT2D eigenvalue weighted by Crippen LogP contribution is -2.30. The molecule has 1 aromatic carbocycles. The number of rotatable bonds is 0. The Kier molecular flexibility index (Phi) is 1.82. The molecule has 4 rings (SSSR count). The van der Waals surface area contributed by atoms with Gasteiger partial charge in [-0.25, -0.2) is 0 Å². The van der Waals surface area contributed by atoms with Crippen molar-refractivity contribution in [3.8, 4) is 0 Å². The van der Waals surface area contributed by atoms with Crippen LogP contribution in [0, 0.1) is 11.8 Å². The lowest BCUT2D eigenvalue weighted by Gasteiger charge is -2.40. The van der Waals surface area contributed by atoms with Crippen LogP contribution in [0.3, 0.4) is 0 Å². The molecule has 16 heavy (non-hydrogen) atoms. The smallest absolute Gasteiger partial charge is 0.00610 e. The standard InChI is InChI=1S/C16H18/c1-2-7-14-12(4-1)10-13-6-3-5-11-8-9-15(14)16(11)13/h3,5-6,8-9,12,14-15H,1-2,4,7,10H2. The first-order valence-corrected chi connectivity index (χ1v) is 6.73. The predicted molar refractivity (Wildman–Crippen MR) is 67.4 cm³/mol. The SMILES string of the molecule is C1=CC2c3c1cccc3CC1CCCCC12. The molecule has 3 unspecified atom stereocenters. The monoisotopic (exact) mass is 210 g/mol. The van der Waals surface area contributed by atoms with Gasteiger partial charge in [-0.05, 0) is 47.8 Å². The van der Waals surface area contributed by atoms with Gasteiger partial charge >= 0.3 is 0 Å². The maximum absolute atomic E-state index is 2.48. The van der Waals surface area contributed by atoms with Gasteiger partial charge in [0.1, 0.15) is 0 Å². The Morgan fingerprint density at radius 2 is 2.00 bits per heavy atom. The van der Waals surface area contributed by atoms with Gasteiger partial charge in [-0.3, -0.25) is 0 Å². The van der Waals surface area contributed by atoms with Crippen LogP contribution in [0.1, 0.15) is 48.3 Å². The summed E-state index contributed by atoms with van der Waals surface area (Å²) in [6.45, 7) is 0. The van der Waals surface area contributed by atoms with Gasteiger partial charge in [0.25, 0.3) is 0 Å². The van der Waals surface area contributed by atoms with Gasteiger partial charge < -0.3 is 0 Å². The van der Waals surface area contributed by atoms with Crippen LogP contribution < -0.4 is 0 Å². The maximum atomic E-state index is 2.48. The molecule has 1 fully saturated rings. The van der Waals surface area contributed by atoms with Crippen molar-refractivity contribution in [3.05, 3.63) is 41.0 Å². The van der Waals surface area contributed by atoms with E-state index in [2.05, 4.69) is 30.4 Å². The molecule has 0 heteroatoms. The number of allylic oxidation sites excluding steroid dienone is 1. The molecule has 0 nitrogen and oxygen atoms in total. The first-order chi connectivity index (χ1) is 7.93. The maximum Gasteiger partial charge on any atom is 0.00610 e. The van der Waals surface area contributed by atoms with Gasteiger partial charge in [-0.2, -0.15) is 0 Å². The Morgan fingerprint density at radius 1 is 1.06 bits per heavy atom. The van der Waals surface area contributed by atoms with Crippen molar-refractivity contribution in [3.63, 3.8) is 0 Å². The Bertz CT molecular complexity index is 455. The Morgan fingerprint density at radius 3 is 3.00 bits per heavy atom. The summed E-state index contributed by atoms with van der Waals surface area (Å²) in [5.74, 6) is 2.70. The quantitative estimate of drug-likeness (QED) is 0.603. The zero-order valence-electron chi connectivity index (χ0n) is 9.65. The lowest BCUT2D eigenvalue weighted by atomic mass is 9.64. The minimum atomic E-state index is 0.769. The van der Waals surface area contributed by atoms with Gasteiger partial charge in [0.15, 0.2) is 0 Å². The van der Waals surface area contributed by atoms with Crippen molar-refractivity contribution < 1.29 is 0 Å². The molecule has 3 aliphatic rings. The topological polar surface area (TPSA) is 0 Å². The molecule has 0 amide bonds. The van der Waals surface area contributed by atoms with E-state index in [1.54, 1.807) is 11.1 Å². The van der Waals surface area contributed by atoms with Crippen molar-refractivity contribution in [1.29, 1.82) is 0 Å². The number of fused-ring (bicyclic) bond motifs is 2. The second-order valence-corrected chi connectivity index (χ2v) is 5.72. The molecular formula is C16H18. The Labute approximate surface area is 97.4 Å². The minimum absolute atomic E-state index is 0.769. The fraction of sp³-hybridized carbons (Fsp3) is 0.500. The minimum Gasteiger partial charge on any atom is -0.0761 e. The van der Waals surface area contributed by atoms with E-state index in [0.29, 0.717) is 0 Å². The van der Waals surface area contributed by atoms with E-state index in [0.717, 1.165) is 17.8 Å². The molecule has 0 spiro atoms. The highest BCUT2D eigenvalue weighted by molar-refractivity contribution is 5.65. The summed E-state index contributed by atoms with van der Waals surface area (Å²) >= 11 is 0. The fourth-order valence-corrected chi connectivity index (χ4v) is 4.27. The van der Waals surface area contributed by atoms with Crippen molar-refractivity contribution in [1.82, 2.24) is 0 Å². The van der Waals surface area contributed by atoms with Crippen LogP contribution in [-0.2, 0) is 6.42 Å². The van der Waals surface area contributed by atoms with Gasteiger partial charge in [-0.15, -0.1) is 0 Å². The van der Waals surface area contributed by atoms with E-state index < -0.39 is 0 Å². The summed E-state index contributed by atoms with van der Waals surface area (Å²) in [6, 6.07) is 6.90. The van der Waals surface area contributed by atoms with Crippen LogP contribution in [0.25, 0.3) is 6.08 Å². The first-order valence-electron chi connectivity index (χ1n) is 6.73. The number of hydrogen-bond acceptors (Lipinski definition) is 0. The number of hydrogen-bond donors (Lipinski definition) is 0. The highest BCUT2D eigenvalue weighted by Gasteiger charge is 2.38. The molecule has 82 valence electrons. The highest BCUT2D eigenvalue weighted by atomic mass is 14.4. The fourth-order valence-electron chi connectivity index (χ4n) is 4.27. The van der Waals surface area contributed by atoms with Crippen LogP contribution in [-0.4, -0.2) is 0 Å². The van der Waals surface area contributed by atoms with E-state index in [9.17, 15) is 0 Å². The lowest BCUT2D eigenvalue weighted by molar-refractivity contribution is 0.204. The zero-order valence-corrected chi connectivity index (χ0v) is 9.65. The van der Waals surface area contributed by atoms with Crippen LogP contribution in [0.4, 0.5) is 0 Å². The predicted octanol–water partition coefficient (Wildman–Crippen LogP) is 4.16. The van der Waals surface area contributed by atoms with Gasteiger partial charge in [0.2, 0.25) is 0 Å². The van der Waals surface area contributed by atoms with E-state index in [1.807, 2.05) is 0 Å². The third-order valence-corrected chi connectivity index (χ3v) is 4.96. The summed E-state index contributed by atoms with van der Waals surface area (Å²) in [5, 5.41) is 0. The van der Waals surface area contributed by atoms with Crippen LogP contribution >= 0.6 is 0 Å². The Balaban J connectivity index is 1.86. The third kappa shape index (κ3) is 1.10. The highest BCUT2D eigenvalue weighted by Crippen LogP contribution is 2.50. The molecule has 0 N–H and O–H groups in total. The largest absolute Gasteiger partial charge is 0.0761 e. The van der Waals surface area contributed by atoms with E-state index in [4.69, 9.17) is 0 Å². The third-order valence-electron chi connectivity index (χ3n) is 4.96. The average Bonchev–Trinajstić information content (AvgIpc) is 2.76. The molecule has 0 saturated heterocycles. The second kappa shape index (κ2) is 3.23. The van der Waals surface area contributed by atoms with Gasteiger partial charge in [0, 0.05) is 5.92 Å². The van der Waals surface area contributed by atoms with Crippen LogP contribution in [0.15, 0.2) is 24.3 Å². The van der Waals surface area contributed by atoms with Gasteiger partial charge in [-0.1, -0.05) is 43.2 Å². The molecule has 0 aliphatic heterocycles. The molecular weight excluding hydrogens is 192 g/mol.